The summed E-state index contributed by atoms with van der Waals surface area (Å²) in [5.74, 6) is 1.03. The Labute approximate surface area is 146 Å². The maximum Gasteiger partial charge on any atom is 0.233 e. The lowest BCUT2D eigenvalue weighted by molar-refractivity contribution is 0.122. The van der Waals surface area contributed by atoms with Crippen molar-refractivity contribution in [3.8, 4) is 0 Å². The third-order valence-corrected chi connectivity index (χ3v) is 3.54. The lowest BCUT2D eigenvalue weighted by Crippen LogP contribution is -2.37. The number of aryl methyl sites for hydroxylation is 2. The molecule has 2 heterocycles. The summed E-state index contributed by atoms with van der Waals surface area (Å²) < 4.78 is 5.34. The number of hydrogen-bond acceptors (Lipinski definition) is 6. The van der Waals surface area contributed by atoms with E-state index in [4.69, 9.17) is 16.3 Å². The van der Waals surface area contributed by atoms with Gasteiger partial charge in [-0.25, -0.2) is 0 Å². The monoisotopic (exact) mass is 355 g/mol. The Morgan fingerprint density at radius 1 is 1.04 bits per heavy atom. The molecule has 0 spiro atoms. The average molecular weight is 356 g/mol. The van der Waals surface area contributed by atoms with E-state index in [9.17, 15) is 0 Å². The van der Waals surface area contributed by atoms with Crippen molar-refractivity contribution >= 4 is 41.6 Å². The normalized spacial score (nSPS) is 14.3. The van der Waals surface area contributed by atoms with Gasteiger partial charge in [-0.05, 0) is 48.7 Å². The topological polar surface area (TPSA) is 63.2 Å². The zero-order chi connectivity index (χ0) is 15.5. The van der Waals surface area contributed by atoms with Crippen LogP contribution in [-0.2, 0) is 4.74 Å². The summed E-state index contributed by atoms with van der Waals surface area (Å²) in [4.78, 5) is 14.9. The average Bonchev–Trinajstić information content (AvgIpc) is 2.46. The first-order valence-corrected chi connectivity index (χ1v) is 7.57. The van der Waals surface area contributed by atoms with Crippen molar-refractivity contribution in [2.45, 2.75) is 13.8 Å². The van der Waals surface area contributed by atoms with Crippen LogP contribution in [-0.4, -0.2) is 41.3 Å². The first-order valence-electron chi connectivity index (χ1n) is 7.20. The van der Waals surface area contributed by atoms with Crippen LogP contribution in [0.5, 0.6) is 0 Å². The van der Waals surface area contributed by atoms with E-state index in [1.165, 1.54) is 11.1 Å². The number of hydrogen-bond donors (Lipinski definition) is 1. The molecule has 0 amide bonds. The Hall–Kier alpha value is -1.63. The molecular weight excluding hydrogens is 337 g/mol. The maximum atomic E-state index is 6.04. The molecule has 0 saturated carbocycles. The van der Waals surface area contributed by atoms with Crippen LogP contribution < -0.4 is 10.2 Å². The van der Waals surface area contributed by atoms with E-state index in [0.29, 0.717) is 25.1 Å². The zero-order valence-corrected chi connectivity index (χ0v) is 14.6. The van der Waals surface area contributed by atoms with Crippen molar-refractivity contribution in [2.24, 2.45) is 0 Å². The number of nitrogens with one attached hydrogen (secondary N) is 1. The Kier molecular flexibility index (Phi) is 5.98. The molecule has 8 heteroatoms. The van der Waals surface area contributed by atoms with E-state index in [-0.39, 0.29) is 17.7 Å². The largest absolute Gasteiger partial charge is 0.378 e. The van der Waals surface area contributed by atoms with Gasteiger partial charge in [-0.15, -0.1) is 12.4 Å². The molecule has 1 aromatic carbocycles. The molecule has 2 aromatic rings. The molecule has 1 N–H and O–H groups in total. The van der Waals surface area contributed by atoms with Crippen LogP contribution >= 0.6 is 24.0 Å². The van der Waals surface area contributed by atoms with Gasteiger partial charge in [0.05, 0.1) is 13.2 Å². The van der Waals surface area contributed by atoms with Crippen molar-refractivity contribution in [3.63, 3.8) is 0 Å². The lowest BCUT2D eigenvalue weighted by atomic mass is 10.1. The minimum absolute atomic E-state index is 0. The van der Waals surface area contributed by atoms with Crippen molar-refractivity contribution < 1.29 is 4.74 Å². The number of nitrogens with zero attached hydrogens (tertiary/aromatic N) is 4. The van der Waals surface area contributed by atoms with Crippen molar-refractivity contribution in [1.82, 2.24) is 15.0 Å². The van der Waals surface area contributed by atoms with Crippen molar-refractivity contribution in [2.75, 3.05) is 36.5 Å². The third-order valence-electron chi connectivity index (χ3n) is 3.37. The number of aromatic nitrogens is 3. The first kappa shape index (κ1) is 17.7. The van der Waals surface area contributed by atoms with Gasteiger partial charge in [0.2, 0.25) is 17.2 Å². The van der Waals surface area contributed by atoms with E-state index >= 15 is 0 Å². The van der Waals surface area contributed by atoms with E-state index in [0.717, 1.165) is 18.8 Å². The van der Waals surface area contributed by atoms with E-state index < -0.39 is 0 Å². The van der Waals surface area contributed by atoms with E-state index in [1.807, 2.05) is 17.0 Å². The number of benzene rings is 1. The molecule has 1 saturated heterocycles. The van der Waals surface area contributed by atoms with Crippen molar-refractivity contribution in [1.29, 1.82) is 0 Å². The van der Waals surface area contributed by atoms with Crippen LogP contribution in [0.1, 0.15) is 11.1 Å². The van der Waals surface area contributed by atoms with Crippen LogP contribution in [0.25, 0.3) is 0 Å². The molecule has 23 heavy (non-hydrogen) atoms. The molecule has 6 nitrogen and oxygen atoms in total. The molecule has 0 radical (unpaired) electrons. The molecule has 0 aliphatic carbocycles. The Morgan fingerprint density at radius 3 is 2.35 bits per heavy atom. The summed E-state index contributed by atoms with van der Waals surface area (Å²) in [5, 5.41) is 3.38. The molecule has 0 atom stereocenters. The minimum Gasteiger partial charge on any atom is -0.378 e. The van der Waals surface area contributed by atoms with Gasteiger partial charge in [-0.2, -0.15) is 15.0 Å². The highest BCUT2D eigenvalue weighted by molar-refractivity contribution is 6.28. The molecule has 1 fully saturated rings. The molecular formula is C15H19Cl2N5O. The van der Waals surface area contributed by atoms with Crippen LogP contribution in [0.15, 0.2) is 18.2 Å². The highest BCUT2D eigenvalue weighted by Crippen LogP contribution is 2.20. The standard InChI is InChI=1S/C15H18ClN5O.ClH/c1-10-7-11(2)9-12(8-10)17-14-18-13(16)19-15(20-14)21-3-5-22-6-4-21;/h7-9H,3-6H2,1-2H3,(H,17,18,19,20);1H. The molecule has 124 valence electrons. The highest BCUT2D eigenvalue weighted by atomic mass is 35.5. The molecule has 1 aromatic heterocycles. The maximum absolute atomic E-state index is 6.04. The summed E-state index contributed by atoms with van der Waals surface area (Å²) >= 11 is 6.04. The first-order chi connectivity index (χ1) is 10.6. The van der Waals surface area contributed by atoms with Gasteiger partial charge in [0.25, 0.3) is 0 Å². The Morgan fingerprint density at radius 2 is 1.70 bits per heavy atom. The minimum atomic E-state index is 0. The quantitative estimate of drug-likeness (QED) is 0.912. The molecule has 0 bridgehead atoms. The smallest absolute Gasteiger partial charge is 0.233 e. The van der Waals surface area contributed by atoms with Gasteiger partial charge in [-0.1, -0.05) is 6.07 Å². The Balaban J connectivity index is 0.00000192. The molecule has 0 unspecified atom stereocenters. The third kappa shape index (κ3) is 4.67. The number of morpholine rings is 1. The number of anilines is 3. The second-order valence-electron chi connectivity index (χ2n) is 5.33. The second-order valence-corrected chi connectivity index (χ2v) is 5.67. The summed E-state index contributed by atoms with van der Waals surface area (Å²) in [7, 11) is 0. The number of ether oxygens (including phenoxy) is 1. The summed E-state index contributed by atoms with van der Waals surface area (Å²) in [5.41, 5.74) is 3.29. The SMILES string of the molecule is Cc1cc(C)cc(Nc2nc(Cl)nc(N3CCOCC3)n2)c1.Cl. The fraction of sp³-hybridized carbons (Fsp3) is 0.400. The van der Waals surface area contributed by atoms with Crippen LogP contribution in [0, 0.1) is 13.8 Å². The van der Waals surface area contributed by atoms with E-state index in [1.54, 1.807) is 0 Å². The van der Waals surface area contributed by atoms with Gasteiger partial charge < -0.3 is 15.0 Å². The van der Waals surface area contributed by atoms with Gasteiger partial charge in [-0.3, -0.25) is 0 Å². The number of halogens is 2. The fourth-order valence-electron chi connectivity index (χ4n) is 2.48. The fourth-order valence-corrected chi connectivity index (χ4v) is 2.63. The molecule has 3 rings (SSSR count). The highest BCUT2D eigenvalue weighted by Gasteiger charge is 2.16. The summed E-state index contributed by atoms with van der Waals surface area (Å²) in [6.45, 7) is 6.95. The van der Waals surface area contributed by atoms with E-state index in [2.05, 4.69) is 40.2 Å². The molecule has 1 aliphatic heterocycles. The van der Waals surface area contributed by atoms with Crippen LogP contribution in [0.2, 0.25) is 5.28 Å². The predicted molar refractivity (Wildman–Crippen MR) is 94.3 cm³/mol. The Bertz CT molecular complexity index is 657. The predicted octanol–water partition coefficient (Wildman–Crippen LogP) is 3.14. The van der Waals surface area contributed by atoms with Crippen molar-refractivity contribution in [3.05, 3.63) is 34.6 Å². The summed E-state index contributed by atoms with van der Waals surface area (Å²) in [6, 6.07) is 6.20. The van der Waals surface area contributed by atoms with Gasteiger partial charge >= 0.3 is 0 Å². The number of rotatable bonds is 3. The van der Waals surface area contributed by atoms with Gasteiger partial charge in [0.1, 0.15) is 0 Å². The van der Waals surface area contributed by atoms with Gasteiger partial charge in [0.15, 0.2) is 0 Å². The summed E-state index contributed by atoms with van der Waals surface area (Å²) in [6.07, 6.45) is 0. The zero-order valence-electron chi connectivity index (χ0n) is 13.0. The van der Waals surface area contributed by atoms with Crippen LogP contribution in [0.4, 0.5) is 17.6 Å². The van der Waals surface area contributed by atoms with Crippen LogP contribution in [0.3, 0.4) is 0 Å². The second kappa shape index (κ2) is 7.77. The lowest BCUT2D eigenvalue weighted by Gasteiger charge is -2.26. The van der Waals surface area contributed by atoms with Gasteiger partial charge in [0, 0.05) is 18.8 Å². The molecule has 1 aliphatic rings.